The molecule has 1 aliphatic carbocycles. The van der Waals surface area contributed by atoms with Gasteiger partial charge in [0.15, 0.2) is 0 Å². The molecule has 2 heteroatoms. The number of hydrogen-bond acceptors (Lipinski definition) is 2. The van der Waals surface area contributed by atoms with Crippen molar-refractivity contribution in [2.24, 2.45) is 16.7 Å². The summed E-state index contributed by atoms with van der Waals surface area (Å²) in [4.78, 5) is 0. The van der Waals surface area contributed by atoms with E-state index in [4.69, 9.17) is 0 Å². The van der Waals surface area contributed by atoms with E-state index in [1.165, 1.54) is 6.42 Å². The lowest BCUT2D eigenvalue weighted by atomic mass is 9.55. The predicted molar refractivity (Wildman–Crippen MR) is 71.8 cm³/mol. The highest BCUT2D eigenvalue weighted by atomic mass is 16.3. The summed E-state index contributed by atoms with van der Waals surface area (Å²) in [6.07, 6.45) is 4.51. The Balaban J connectivity index is 3.06. The number of rotatable bonds is 4. The minimum Gasteiger partial charge on any atom is -0.396 e. The van der Waals surface area contributed by atoms with Crippen LogP contribution < -0.4 is 0 Å². The minimum atomic E-state index is -0.702. The molecule has 0 saturated heterocycles. The molecule has 2 unspecified atom stereocenters. The first-order chi connectivity index (χ1) is 7.74. The Labute approximate surface area is 106 Å². The molecule has 0 radical (unpaired) electrons. The molecule has 2 N–H and O–H groups in total. The van der Waals surface area contributed by atoms with Gasteiger partial charge in [0.25, 0.3) is 0 Å². The molecule has 2 atom stereocenters. The highest BCUT2D eigenvalue weighted by molar-refractivity contribution is 5.03. The van der Waals surface area contributed by atoms with Gasteiger partial charge in [0, 0.05) is 5.41 Å². The molecule has 1 saturated carbocycles. The summed E-state index contributed by atoms with van der Waals surface area (Å²) in [6, 6.07) is 0. The molecule has 0 amide bonds. The van der Waals surface area contributed by atoms with Gasteiger partial charge in [0.2, 0.25) is 0 Å². The van der Waals surface area contributed by atoms with Gasteiger partial charge < -0.3 is 10.2 Å². The summed E-state index contributed by atoms with van der Waals surface area (Å²) >= 11 is 0. The smallest absolute Gasteiger partial charge is 0.0733 e. The van der Waals surface area contributed by atoms with Crippen LogP contribution >= 0.6 is 0 Å². The van der Waals surface area contributed by atoms with Gasteiger partial charge in [0.1, 0.15) is 0 Å². The molecule has 1 rings (SSSR count). The maximum atomic E-state index is 11.1. The third-order valence-electron chi connectivity index (χ3n) is 5.00. The first-order valence-electron chi connectivity index (χ1n) is 7.07. The monoisotopic (exact) mass is 242 g/mol. The lowest BCUT2D eigenvalue weighted by Crippen LogP contribution is -2.55. The van der Waals surface area contributed by atoms with Crippen LogP contribution in [0.15, 0.2) is 0 Å². The molecule has 17 heavy (non-hydrogen) atoms. The molecule has 0 aromatic heterocycles. The highest BCUT2D eigenvalue weighted by Crippen LogP contribution is 2.53. The van der Waals surface area contributed by atoms with E-state index in [0.717, 1.165) is 25.7 Å². The van der Waals surface area contributed by atoms with E-state index in [0.29, 0.717) is 5.92 Å². The molecule has 0 aliphatic heterocycles. The zero-order chi connectivity index (χ0) is 13.3. The van der Waals surface area contributed by atoms with Crippen molar-refractivity contribution in [1.29, 1.82) is 0 Å². The number of hydrogen-bond donors (Lipinski definition) is 2. The molecular formula is C15H30O2. The number of aliphatic hydroxyl groups excluding tert-OH is 1. The van der Waals surface area contributed by atoms with Crippen molar-refractivity contribution < 1.29 is 10.2 Å². The van der Waals surface area contributed by atoms with Crippen LogP contribution in [0.1, 0.15) is 66.7 Å². The van der Waals surface area contributed by atoms with Crippen LogP contribution in [0, 0.1) is 16.7 Å². The fourth-order valence-corrected chi connectivity index (χ4v) is 4.21. The summed E-state index contributed by atoms with van der Waals surface area (Å²) in [6.45, 7) is 11.0. The Hall–Kier alpha value is -0.0800. The summed E-state index contributed by atoms with van der Waals surface area (Å²) in [5.74, 6) is 0.535. The Kier molecular flexibility index (Phi) is 4.31. The first-order valence-corrected chi connectivity index (χ1v) is 7.07. The SMILES string of the molecule is CCC(CC)(CO)C1(O)CC(C)CC(C)(C)C1. The van der Waals surface area contributed by atoms with E-state index in [9.17, 15) is 10.2 Å². The molecule has 102 valence electrons. The van der Waals surface area contributed by atoms with Crippen molar-refractivity contribution in [3.8, 4) is 0 Å². The standard InChI is InChI=1S/C15H30O2/c1-6-14(7-2,11-16)15(17)9-12(3)8-13(4,5)10-15/h12,16-17H,6-11H2,1-5H3. The number of aliphatic hydroxyl groups is 2. The molecule has 0 bridgehead atoms. The average molecular weight is 242 g/mol. The summed E-state index contributed by atoms with van der Waals surface area (Å²) in [5.41, 5.74) is -0.845. The maximum Gasteiger partial charge on any atom is 0.0733 e. The van der Waals surface area contributed by atoms with Crippen molar-refractivity contribution in [2.45, 2.75) is 72.3 Å². The summed E-state index contributed by atoms with van der Waals surface area (Å²) in [5, 5.41) is 20.9. The van der Waals surface area contributed by atoms with Crippen molar-refractivity contribution >= 4 is 0 Å². The molecular weight excluding hydrogens is 212 g/mol. The zero-order valence-corrected chi connectivity index (χ0v) is 12.2. The second-order valence-corrected chi connectivity index (χ2v) is 7.03. The molecule has 0 aromatic rings. The first kappa shape index (κ1) is 15.0. The van der Waals surface area contributed by atoms with Crippen LogP contribution in [0.25, 0.3) is 0 Å². The Morgan fingerprint density at radius 1 is 1.18 bits per heavy atom. The average Bonchev–Trinajstić information content (AvgIpc) is 2.16. The van der Waals surface area contributed by atoms with Crippen LogP contribution in [0.3, 0.4) is 0 Å². The van der Waals surface area contributed by atoms with Crippen molar-refractivity contribution in [3.63, 3.8) is 0 Å². The second-order valence-electron chi connectivity index (χ2n) is 7.03. The van der Waals surface area contributed by atoms with E-state index in [-0.39, 0.29) is 17.4 Å². The normalized spacial score (nSPS) is 33.7. The highest BCUT2D eigenvalue weighted by Gasteiger charge is 2.53. The third-order valence-corrected chi connectivity index (χ3v) is 5.00. The van der Waals surface area contributed by atoms with Crippen LogP contribution in [0.2, 0.25) is 0 Å². The Morgan fingerprint density at radius 3 is 2.06 bits per heavy atom. The molecule has 1 aliphatic rings. The predicted octanol–water partition coefficient (Wildman–Crippen LogP) is 3.36. The van der Waals surface area contributed by atoms with E-state index < -0.39 is 5.60 Å². The lowest BCUT2D eigenvalue weighted by Gasteiger charge is -2.54. The van der Waals surface area contributed by atoms with Gasteiger partial charge in [-0.2, -0.15) is 0 Å². The molecule has 2 nitrogen and oxygen atoms in total. The van der Waals surface area contributed by atoms with Crippen LogP contribution in [0.4, 0.5) is 0 Å². The quantitative estimate of drug-likeness (QED) is 0.793. The summed E-state index contributed by atoms with van der Waals surface area (Å²) < 4.78 is 0. The fourth-order valence-electron chi connectivity index (χ4n) is 4.21. The second kappa shape index (κ2) is 4.89. The fraction of sp³-hybridized carbons (Fsp3) is 1.00. The van der Waals surface area contributed by atoms with Gasteiger partial charge in [-0.3, -0.25) is 0 Å². The van der Waals surface area contributed by atoms with Gasteiger partial charge in [-0.15, -0.1) is 0 Å². The van der Waals surface area contributed by atoms with Gasteiger partial charge in [-0.05, 0) is 43.4 Å². The topological polar surface area (TPSA) is 40.5 Å². The van der Waals surface area contributed by atoms with Gasteiger partial charge >= 0.3 is 0 Å². The van der Waals surface area contributed by atoms with E-state index >= 15 is 0 Å². The van der Waals surface area contributed by atoms with Crippen molar-refractivity contribution in [1.82, 2.24) is 0 Å². The molecule has 0 spiro atoms. The molecule has 0 aromatic carbocycles. The van der Waals surface area contributed by atoms with Crippen LogP contribution in [-0.4, -0.2) is 22.4 Å². The largest absolute Gasteiger partial charge is 0.396 e. The maximum absolute atomic E-state index is 11.1. The van der Waals surface area contributed by atoms with Crippen LogP contribution in [0.5, 0.6) is 0 Å². The summed E-state index contributed by atoms with van der Waals surface area (Å²) in [7, 11) is 0. The molecule has 1 fully saturated rings. The van der Waals surface area contributed by atoms with E-state index in [1.54, 1.807) is 0 Å². The molecule has 0 heterocycles. The Morgan fingerprint density at radius 2 is 1.71 bits per heavy atom. The minimum absolute atomic E-state index is 0.0965. The van der Waals surface area contributed by atoms with Gasteiger partial charge in [-0.1, -0.05) is 34.6 Å². The van der Waals surface area contributed by atoms with Crippen LogP contribution in [-0.2, 0) is 0 Å². The van der Waals surface area contributed by atoms with Crippen molar-refractivity contribution in [2.75, 3.05) is 6.61 Å². The Bertz CT molecular complexity index is 247. The third kappa shape index (κ3) is 2.68. The van der Waals surface area contributed by atoms with E-state index in [1.807, 2.05) is 0 Å². The van der Waals surface area contributed by atoms with Gasteiger partial charge in [0.05, 0.1) is 12.2 Å². The lowest BCUT2D eigenvalue weighted by molar-refractivity contribution is -0.166. The van der Waals surface area contributed by atoms with Crippen molar-refractivity contribution in [3.05, 3.63) is 0 Å². The van der Waals surface area contributed by atoms with Gasteiger partial charge in [-0.25, -0.2) is 0 Å². The zero-order valence-electron chi connectivity index (χ0n) is 12.2. The van der Waals surface area contributed by atoms with E-state index in [2.05, 4.69) is 34.6 Å².